The van der Waals surface area contributed by atoms with Crippen molar-refractivity contribution in [2.75, 3.05) is 10.6 Å². The molecule has 2 aromatic rings. The Labute approximate surface area is 120 Å². The highest BCUT2D eigenvalue weighted by Crippen LogP contribution is 2.18. The first kappa shape index (κ1) is 14.5. The summed E-state index contributed by atoms with van der Waals surface area (Å²) >= 11 is 0. The molecule has 0 fully saturated rings. The van der Waals surface area contributed by atoms with E-state index in [1.165, 1.54) is 24.3 Å². The number of carbonyl (C=O) groups is 2. The lowest BCUT2D eigenvalue weighted by atomic mass is 10.2. The molecule has 0 saturated carbocycles. The second kappa shape index (κ2) is 6.04. The molecule has 0 aliphatic rings. The lowest BCUT2D eigenvalue weighted by molar-refractivity contribution is 0.0698. The third-order valence-electron chi connectivity index (χ3n) is 2.78. The predicted octanol–water partition coefficient (Wildman–Crippen LogP) is 3.48. The maximum absolute atomic E-state index is 13.5. The van der Waals surface area contributed by atoms with Gasteiger partial charge in [0.25, 0.3) is 0 Å². The standard InChI is InChI=1S/C15H13FN2O3/c1-9-6-7-11(16)13(8-9)18-15(21)17-12-5-3-2-4-10(12)14(19)20/h2-8H,1H3,(H,19,20)(H2,17,18,21). The highest BCUT2D eigenvalue weighted by Gasteiger charge is 2.12. The van der Waals surface area contributed by atoms with Crippen LogP contribution in [0.25, 0.3) is 0 Å². The Bertz CT molecular complexity index is 701. The first-order chi connectivity index (χ1) is 9.97. The van der Waals surface area contributed by atoms with E-state index in [0.717, 1.165) is 5.56 Å². The van der Waals surface area contributed by atoms with Crippen molar-refractivity contribution in [1.82, 2.24) is 0 Å². The van der Waals surface area contributed by atoms with E-state index in [2.05, 4.69) is 10.6 Å². The summed E-state index contributed by atoms with van der Waals surface area (Å²) in [6, 6.07) is 9.56. The summed E-state index contributed by atoms with van der Waals surface area (Å²) in [5.74, 6) is -1.73. The van der Waals surface area contributed by atoms with Crippen LogP contribution in [0.1, 0.15) is 15.9 Å². The van der Waals surface area contributed by atoms with Crippen molar-refractivity contribution in [3.8, 4) is 0 Å². The first-order valence-electron chi connectivity index (χ1n) is 6.14. The second-order valence-electron chi connectivity index (χ2n) is 4.41. The molecule has 108 valence electrons. The van der Waals surface area contributed by atoms with Gasteiger partial charge in [-0.15, -0.1) is 0 Å². The van der Waals surface area contributed by atoms with Crippen LogP contribution in [0.4, 0.5) is 20.6 Å². The van der Waals surface area contributed by atoms with Gasteiger partial charge < -0.3 is 15.7 Å². The number of amides is 2. The van der Waals surface area contributed by atoms with Crippen LogP contribution in [0.5, 0.6) is 0 Å². The maximum Gasteiger partial charge on any atom is 0.337 e. The van der Waals surface area contributed by atoms with Crippen molar-refractivity contribution in [2.45, 2.75) is 6.92 Å². The minimum absolute atomic E-state index is 0.0281. The van der Waals surface area contributed by atoms with E-state index in [1.807, 2.05) is 0 Å². The SMILES string of the molecule is Cc1ccc(F)c(NC(=O)Nc2ccccc2C(=O)O)c1. The van der Waals surface area contributed by atoms with Gasteiger partial charge in [0.05, 0.1) is 16.9 Å². The molecule has 2 amide bonds. The molecule has 0 bridgehead atoms. The topological polar surface area (TPSA) is 78.4 Å². The Hall–Kier alpha value is -2.89. The van der Waals surface area contributed by atoms with Gasteiger partial charge in [0.15, 0.2) is 0 Å². The molecule has 2 aromatic carbocycles. The van der Waals surface area contributed by atoms with Crippen LogP contribution < -0.4 is 10.6 Å². The number of halogens is 1. The van der Waals surface area contributed by atoms with E-state index < -0.39 is 17.8 Å². The fourth-order valence-corrected chi connectivity index (χ4v) is 1.79. The molecule has 6 heteroatoms. The van der Waals surface area contributed by atoms with Crippen LogP contribution in [-0.2, 0) is 0 Å². The summed E-state index contributed by atoms with van der Waals surface area (Å²) in [5.41, 5.74) is 0.908. The molecule has 21 heavy (non-hydrogen) atoms. The van der Waals surface area contributed by atoms with Gasteiger partial charge >= 0.3 is 12.0 Å². The summed E-state index contributed by atoms with van der Waals surface area (Å²) < 4.78 is 13.5. The Kier molecular flexibility index (Phi) is 4.18. The van der Waals surface area contributed by atoms with Crippen LogP contribution in [-0.4, -0.2) is 17.1 Å². The average Bonchev–Trinajstić information content (AvgIpc) is 2.43. The number of carbonyl (C=O) groups excluding carboxylic acids is 1. The Balaban J connectivity index is 2.16. The molecule has 0 unspecified atom stereocenters. The molecule has 2 rings (SSSR count). The van der Waals surface area contributed by atoms with Gasteiger partial charge in [0.2, 0.25) is 0 Å². The van der Waals surface area contributed by atoms with Crippen molar-refractivity contribution >= 4 is 23.4 Å². The normalized spacial score (nSPS) is 10.0. The third-order valence-corrected chi connectivity index (χ3v) is 2.78. The Morgan fingerprint density at radius 1 is 1.05 bits per heavy atom. The van der Waals surface area contributed by atoms with Gasteiger partial charge in [-0.1, -0.05) is 18.2 Å². The molecule has 0 saturated heterocycles. The molecule has 0 atom stereocenters. The number of anilines is 2. The summed E-state index contributed by atoms with van der Waals surface area (Å²) in [7, 11) is 0. The van der Waals surface area contributed by atoms with E-state index in [0.29, 0.717) is 0 Å². The van der Waals surface area contributed by atoms with E-state index >= 15 is 0 Å². The number of carboxylic acid groups (broad SMARTS) is 1. The number of aryl methyl sites for hydroxylation is 1. The number of hydrogen-bond donors (Lipinski definition) is 3. The number of nitrogens with one attached hydrogen (secondary N) is 2. The molecule has 0 aliphatic carbocycles. The molecule has 3 N–H and O–H groups in total. The van der Waals surface area contributed by atoms with Crippen molar-refractivity contribution in [2.24, 2.45) is 0 Å². The summed E-state index contributed by atoms with van der Waals surface area (Å²) in [4.78, 5) is 22.9. The number of hydrogen-bond acceptors (Lipinski definition) is 2. The monoisotopic (exact) mass is 288 g/mol. The summed E-state index contributed by atoms with van der Waals surface area (Å²) in [6.07, 6.45) is 0. The lowest BCUT2D eigenvalue weighted by Crippen LogP contribution is -2.21. The summed E-state index contributed by atoms with van der Waals surface area (Å²) in [5, 5.41) is 13.8. The molecule has 0 aromatic heterocycles. The largest absolute Gasteiger partial charge is 0.478 e. The average molecular weight is 288 g/mol. The zero-order chi connectivity index (χ0) is 15.4. The molecule has 0 spiro atoms. The van der Waals surface area contributed by atoms with Crippen LogP contribution in [0.2, 0.25) is 0 Å². The number of para-hydroxylation sites is 1. The van der Waals surface area contributed by atoms with Gasteiger partial charge in [-0.3, -0.25) is 0 Å². The number of aromatic carboxylic acids is 1. The van der Waals surface area contributed by atoms with Crippen molar-refractivity contribution in [3.63, 3.8) is 0 Å². The zero-order valence-electron chi connectivity index (χ0n) is 11.2. The lowest BCUT2D eigenvalue weighted by Gasteiger charge is -2.10. The molecule has 0 radical (unpaired) electrons. The van der Waals surface area contributed by atoms with Gasteiger partial charge in [-0.2, -0.15) is 0 Å². The first-order valence-corrected chi connectivity index (χ1v) is 6.14. The molecular formula is C15H13FN2O3. The van der Waals surface area contributed by atoms with Gasteiger partial charge in [0, 0.05) is 0 Å². The van der Waals surface area contributed by atoms with Gasteiger partial charge in [0.1, 0.15) is 5.82 Å². The molecular weight excluding hydrogens is 275 g/mol. The minimum atomic E-state index is -1.16. The number of benzene rings is 2. The van der Waals surface area contributed by atoms with E-state index in [4.69, 9.17) is 5.11 Å². The van der Waals surface area contributed by atoms with Crippen molar-refractivity contribution in [3.05, 3.63) is 59.4 Å². The minimum Gasteiger partial charge on any atom is -0.478 e. The van der Waals surface area contributed by atoms with Gasteiger partial charge in [-0.25, -0.2) is 14.0 Å². The fourth-order valence-electron chi connectivity index (χ4n) is 1.79. The molecule has 0 aliphatic heterocycles. The number of rotatable bonds is 3. The van der Waals surface area contributed by atoms with Crippen LogP contribution in [0.3, 0.4) is 0 Å². The number of carboxylic acids is 1. The Morgan fingerprint density at radius 3 is 2.43 bits per heavy atom. The summed E-state index contributed by atoms with van der Waals surface area (Å²) in [6.45, 7) is 1.77. The predicted molar refractivity (Wildman–Crippen MR) is 77.2 cm³/mol. The highest BCUT2D eigenvalue weighted by atomic mass is 19.1. The van der Waals surface area contributed by atoms with E-state index in [9.17, 15) is 14.0 Å². The van der Waals surface area contributed by atoms with Crippen molar-refractivity contribution in [1.29, 1.82) is 0 Å². The Morgan fingerprint density at radius 2 is 1.71 bits per heavy atom. The second-order valence-corrected chi connectivity index (χ2v) is 4.41. The van der Waals surface area contributed by atoms with Crippen LogP contribution in [0, 0.1) is 12.7 Å². The zero-order valence-corrected chi connectivity index (χ0v) is 11.2. The third kappa shape index (κ3) is 3.56. The maximum atomic E-state index is 13.5. The smallest absolute Gasteiger partial charge is 0.337 e. The fraction of sp³-hybridized carbons (Fsp3) is 0.0667. The molecule has 5 nitrogen and oxygen atoms in total. The quantitative estimate of drug-likeness (QED) is 0.809. The van der Waals surface area contributed by atoms with Crippen LogP contribution >= 0.6 is 0 Å². The number of urea groups is 1. The van der Waals surface area contributed by atoms with Gasteiger partial charge in [-0.05, 0) is 36.8 Å². The van der Waals surface area contributed by atoms with E-state index in [1.54, 1.807) is 25.1 Å². The van der Waals surface area contributed by atoms with E-state index in [-0.39, 0.29) is 16.9 Å². The molecule has 0 heterocycles. The highest BCUT2D eigenvalue weighted by molar-refractivity contribution is 6.04. The van der Waals surface area contributed by atoms with Crippen LogP contribution in [0.15, 0.2) is 42.5 Å². The van der Waals surface area contributed by atoms with Crippen molar-refractivity contribution < 1.29 is 19.1 Å².